The second-order valence-electron chi connectivity index (χ2n) is 5.24. The zero-order valence-corrected chi connectivity index (χ0v) is 12.2. The van der Waals surface area contributed by atoms with E-state index in [1.54, 1.807) is 6.07 Å². The Morgan fingerprint density at radius 3 is 2.63 bits per heavy atom. The van der Waals surface area contributed by atoms with Crippen LogP contribution in [0.25, 0.3) is 0 Å². The minimum absolute atomic E-state index is 0.263. The van der Waals surface area contributed by atoms with E-state index in [2.05, 4.69) is 18.7 Å². The maximum atomic E-state index is 9.95. The molecule has 0 aromatic heterocycles. The fraction of sp³-hybridized carbons (Fsp3) is 0.600. The Morgan fingerprint density at radius 1 is 1.32 bits per heavy atom. The van der Waals surface area contributed by atoms with E-state index in [-0.39, 0.29) is 6.61 Å². The summed E-state index contributed by atoms with van der Waals surface area (Å²) in [6.07, 6.45) is 0.644. The van der Waals surface area contributed by atoms with Crippen molar-refractivity contribution in [1.82, 2.24) is 4.90 Å². The molecule has 0 amide bonds. The smallest absolute Gasteiger partial charge is 0.142 e. The number of aliphatic hydroxyl groups excluding tert-OH is 1. The van der Waals surface area contributed by atoms with E-state index in [4.69, 9.17) is 10.5 Å². The van der Waals surface area contributed by atoms with Crippen molar-refractivity contribution in [1.29, 1.82) is 0 Å². The lowest BCUT2D eigenvalue weighted by molar-refractivity contribution is 0.0726. The number of likely N-dealkylation sites (N-methyl/N-ethyl adjacent to an activating group) is 1. The first-order chi connectivity index (χ1) is 9.02. The highest BCUT2D eigenvalue weighted by Gasteiger charge is 2.11. The maximum absolute atomic E-state index is 9.95. The van der Waals surface area contributed by atoms with Crippen molar-refractivity contribution in [2.75, 3.05) is 32.5 Å². The van der Waals surface area contributed by atoms with Crippen molar-refractivity contribution in [2.24, 2.45) is 5.92 Å². The number of benzene rings is 1. The van der Waals surface area contributed by atoms with E-state index < -0.39 is 6.10 Å². The molecule has 1 aromatic rings. The number of nitrogens with two attached hydrogens (primary N) is 1. The molecule has 2 unspecified atom stereocenters. The third-order valence-electron chi connectivity index (χ3n) is 3.19. The quantitative estimate of drug-likeness (QED) is 0.706. The van der Waals surface area contributed by atoms with Crippen LogP contribution in [-0.2, 0) is 0 Å². The number of nitrogens with zero attached hydrogens (tertiary/aromatic N) is 1. The van der Waals surface area contributed by atoms with Crippen molar-refractivity contribution in [2.45, 2.75) is 26.4 Å². The van der Waals surface area contributed by atoms with Gasteiger partial charge in [-0.3, -0.25) is 0 Å². The van der Waals surface area contributed by atoms with Crippen LogP contribution < -0.4 is 10.5 Å². The summed E-state index contributed by atoms with van der Waals surface area (Å²) >= 11 is 0. The summed E-state index contributed by atoms with van der Waals surface area (Å²) in [7, 11) is 2.02. The fourth-order valence-corrected chi connectivity index (χ4v) is 1.95. The Labute approximate surface area is 116 Å². The summed E-state index contributed by atoms with van der Waals surface area (Å²) in [5.41, 5.74) is 6.37. The van der Waals surface area contributed by atoms with Crippen LogP contribution in [0.3, 0.4) is 0 Å². The van der Waals surface area contributed by atoms with Gasteiger partial charge in [0.1, 0.15) is 18.5 Å². The number of ether oxygens (including phenoxy) is 1. The summed E-state index contributed by atoms with van der Waals surface area (Å²) in [6.45, 7) is 6.25. The molecule has 4 heteroatoms. The highest BCUT2D eigenvalue weighted by Crippen LogP contribution is 2.19. The molecule has 0 fully saturated rings. The van der Waals surface area contributed by atoms with Gasteiger partial charge in [0.05, 0.1) is 5.69 Å². The van der Waals surface area contributed by atoms with E-state index in [1.165, 1.54) is 0 Å². The Morgan fingerprint density at radius 2 is 2.00 bits per heavy atom. The van der Waals surface area contributed by atoms with Gasteiger partial charge in [-0.15, -0.1) is 0 Å². The van der Waals surface area contributed by atoms with Gasteiger partial charge in [-0.2, -0.15) is 0 Å². The largest absolute Gasteiger partial charge is 0.489 e. The van der Waals surface area contributed by atoms with Gasteiger partial charge in [0.2, 0.25) is 0 Å². The lowest BCUT2D eigenvalue weighted by atomic mass is 10.1. The number of aliphatic hydroxyl groups is 1. The second-order valence-corrected chi connectivity index (χ2v) is 5.24. The van der Waals surface area contributed by atoms with Gasteiger partial charge in [0.15, 0.2) is 0 Å². The average Bonchev–Trinajstić information content (AvgIpc) is 2.37. The first-order valence-electron chi connectivity index (χ1n) is 6.86. The first-order valence-corrected chi connectivity index (χ1v) is 6.86. The number of hydrogen-bond donors (Lipinski definition) is 2. The summed E-state index contributed by atoms with van der Waals surface area (Å²) in [5, 5.41) is 9.95. The van der Waals surface area contributed by atoms with Gasteiger partial charge < -0.3 is 20.5 Å². The molecule has 0 saturated carbocycles. The molecular formula is C15H26N2O2. The molecule has 2 atom stereocenters. The number of para-hydroxylation sites is 2. The van der Waals surface area contributed by atoms with Crippen LogP contribution in [0.2, 0.25) is 0 Å². The molecule has 4 nitrogen and oxygen atoms in total. The SMILES string of the molecule is CCC(C)CN(C)CC(O)COc1ccccc1N. The van der Waals surface area contributed by atoms with Crippen molar-refractivity contribution in [3.05, 3.63) is 24.3 Å². The molecule has 0 spiro atoms. The van der Waals surface area contributed by atoms with Crippen LogP contribution in [0.15, 0.2) is 24.3 Å². The van der Waals surface area contributed by atoms with Crippen LogP contribution >= 0.6 is 0 Å². The van der Waals surface area contributed by atoms with E-state index in [9.17, 15) is 5.11 Å². The first kappa shape index (κ1) is 15.8. The van der Waals surface area contributed by atoms with Crippen LogP contribution in [0.5, 0.6) is 5.75 Å². The molecule has 0 aliphatic rings. The minimum atomic E-state index is -0.506. The molecule has 108 valence electrons. The van der Waals surface area contributed by atoms with E-state index in [0.29, 0.717) is 23.9 Å². The summed E-state index contributed by atoms with van der Waals surface area (Å²) < 4.78 is 5.53. The topological polar surface area (TPSA) is 58.7 Å². The molecule has 1 rings (SSSR count). The number of anilines is 1. The number of nitrogen functional groups attached to an aromatic ring is 1. The normalized spacial score (nSPS) is 14.4. The lowest BCUT2D eigenvalue weighted by Crippen LogP contribution is -2.35. The number of hydrogen-bond acceptors (Lipinski definition) is 4. The molecule has 0 aliphatic carbocycles. The van der Waals surface area contributed by atoms with Gasteiger partial charge >= 0.3 is 0 Å². The molecular weight excluding hydrogens is 240 g/mol. The Kier molecular flexibility index (Phi) is 6.67. The van der Waals surface area contributed by atoms with Crippen molar-refractivity contribution >= 4 is 5.69 Å². The van der Waals surface area contributed by atoms with Gasteiger partial charge in [0.25, 0.3) is 0 Å². The van der Waals surface area contributed by atoms with Crippen molar-refractivity contribution < 1.29 is 9.84 Å². The monoisotopic (exact) mass is 266 g/mol. The minimum Gasteiger partial charge on any atom is -0.489 e. The van der Waals surface area contributed by atoms with Gasteiger partial charge in [-0.05, 0) is 25.1 Å². The molecule has 19 heavy (non-hydrogen) atoms. The third kappa shape index (κ3) is 5.94. The van der Waals surface area contributed by atoms with Crippen molar-refractivity contribution in [3.63, 3.8) is 0 Å². The summed E-state index contributed by atoms with van der Waals surface area (Å²) in [5.74, 6) is 1.27. The zero-order valence-electron chi connectivity index (χ0n) is 12.2. The third-order valence-corrected chi connectivity index (χ3v) is 3.19. The Balaban J connectivity index is 2.31. The Bertz CT molecular complexity index is 371. The van der Waals surface area contributed by atoms with E-state index in [0.717, 1.165) is 13.0 Å². The van der Waals surface area contributed by atoms with Crippen molar-refractivity contribution in [3.8, 4) is 5.75 Å². The molecule has 3 N–H and O–H groups in total. The molecule has 0 saturated heterocycles. The highest BCUT2D eigenvalue weighted by atomic mass is 16.5. The van der Waals surface area contributed by atoms with Gasteiger partial charge in [-0.1, -0.05) is 32.4 Å². The standard InChI is InChI=1S/C15H26N2O2/c1-4-12(2)9-17(3)10-13(18)11-19-15-8-6-5-7-14(15)16/h5-8,12-13,18H,4,9-11,16H2,1-3H3. The molecule has 0 bridgehead atoms. The van der Waals surface area contributed by atoms with Crippen LogP contribution in [0, 0.1) is 5.92 Å². The maximum Gasteiger partial charge on any atom is 0.142 e. The summed E-state index contributed by atoms with van der Waals surface area (Å²) in [6, 6.07) is 7.33. The van der Waals surface area contributed by atoms with E-state index in [1.807, 2.05) is 25.2 Å². The predicted molar refractivity (Wildman–Crippen MR) is 79.3 cm³/mol. The number of rotatable bonds is 8. The van der Waals surface area contributed by atoms with Crippen LogP contribution in [0.4, 0.5) is 5.69 Å². The zero-order chi connectivity index (χ0) is 14.3. The molecule has 1 aromatic carbocycles. The van der Waals surface area contributed by atoms with Crippen LogP contribution in [-0.4, -0.2) is 42.9 Å². The molecule has 0 heterocycles. The summed E-state index contributed by atoms with van der Waals surface area (Å²) in [4.78, 5) is 2.14. The van der Waals surface area contributed by atoms with Gasteiger partial charge in [0, 0.05) is 13.1 Å². The van der Waals surface area contributed by atoms with Gasteiger partial charge in [-0.25, -0.2) is 0 Å². The molecule has 0 aliphatic heterocycles. The highest BCUT2D eigenvalue weighted by molar-refractivity contribution is 5.51. The predicted octanol–water partition coefficient (Wildman–Crippen LogP) is 1.99. The fourth-order valence-electron chi connectivity index (χ4n) is 1.95. The Hall–Kier alpha value is -1.26. The van der Waals surface area contributed by atoms with Crippen LogP contribution in [0.1, 0.15) is 20.3 Å². The lowest BCUT2D eigenvalue weighted by Gasteiger charge is -2.23. The molecule has 0 radical (unpaired) electrons. The average molecular weight is 266 g/mol. The second kappa shape index (κ2) is 8.02. The van der Waals surface area contributed by atoms with E-state index >= 15 is 0 Å².